The number of amides is 1. The van der Waals surface area contributed by atoms with Gasteiger partial charge in [-0.25, -0.2) is 13.4 Å². The molecule has 34 heavy (non-hydrogen) atoms. The molecular formula is C22H19ClN4O5S2. The predicted molar refractivity (Wildman–Crippen MR) is 133 cm³/mol. The van der Waals surface area contributed by atoms with Gasteiger partial charge in [-0.2, -0.15) is 0 Å². The zero-order valence-corrected chi connectivity index (χ0v) is 20.3. The predicted octanol–water partition coefficient (Wildman–Crippen LogP) is 4.52. The lowest BCUT2D eigenvalue weighted by Crippen LogP contribution is -2.29. The van der Waals surface area contributed by atoms with Crippen LogP contribution in [0.3, 0.4) is 0 Å². The molecule has 0 radical (unpaired) electrons. The zero-order chi connectivity index (χ0) is 24.3. The molecule has 1 heterocycles. The molecule has 0 spiro atoms. The van der Waals surface area contributed by atoms with Crippen LogP contribution in [0.4, 0.5) is 10.8 Å². The summed E-state index contributed by atoms with van der Waals surface area (Å²) in [5, 5.41) is 0.927. The Hall–Kier alpha value is -3.54. The van der Waals surface area contributed by atoms with Crippen LogP contribution in [0, 0.1) is 0 Å². The summed E-state index contributed by atoms with van der Waals surface area (Å²) in [7, 11) is -0.817. The summed E-state index contributed by atoms with van der Waals surface area (Å²) < 4.78 is 38.9. The minimum absolute atomic E-state index is 0.0646. The number of nitrogens with zero attached hydrogens (tertiary/aromatic N) is 1. The molecule has 0 unspecified atom stereocenters. The molecule has 9 nitrogen and oxygen atoms in total. The van der Waals surface area contributed by atoms with Crippen LogP contribution in [0.15, 0.2) is 65.6 Å². The van der Waals surface area contributed by atoms with Crippen molar-refractivity contribution >= 4 is 59.9 Å². The van der Waals surface area contributed by atoms with Gasteiger partial charge in [0, 0.05) is 11.3 Å². The molecular weight excluding hydrogens is 500 g/mol. The SMILES string of the molecule is COc1ccc(S(=O)(=O)Nc2cccc(C(=O)NNc3nc4c(OC)ccc(Cl)c4s3)c2)cc1. The number of nitrogens with one attached hydrogen (secondary N) is 3. The van der Waals surface area contributed by atoms with Crippen molar-refractivity contribution in [1.29, 1.82) is 0 Å². The Morgan fingerprint density at radius 1 is 1.03 bits per heavy atom. The van der Waals surface area contributed by atoms with Gasteiger partial charge in [-0.1, -0.05) is 29.0 Å². The zero-order valence-electron chi connectivity index (χ0n) is 18.0. The fourth-order valence-electron chi connectivity index (χ4n) is 3.05. The Morgan fingerprint density at radius 3 is 2.50 bits per heavy atom. The van der Waals surface area contributed by atoms with Crippen LogP contribution in [0.2, 0.25) is 5.02 Å². The van der Waals surface area contributed by atoms with Crippen LogP contribution in [0.1, 0.15) is 10.4 Å². The molecule has 12 heteroatoms. The van der Waals surface area contributed by atoms with Gasteiger partial charge in [0.1, 0.15) is 17.0 Å². The van der Waals surface area contributed by atoms with E-state index >= 15 is 0 Å². The molecule has 0 aliphatic rings. The number of methoxy groups -OCH3 is 2. The summed E-state index contributed by atoms with van der Waals surface area (Å²) in [4.78, 5) is 17.1. The first kappa shape index (κ1) is 23.6. The summed E-state index contributed by atoms with van der Waals surface area (Å²) in [5.41, 5.74) is 6.36. The van der Waals surface area contributed by atoms with Crippen molar-refractivity contribution in [3.63, 3.8) is 0 Å². The largest absolute Gasteiger partial charge is 0.497 e. The fraction of sp³-hybridized carbons (Fsp3) is 0.0909. The molecule has 0 atom stereocenters. The molecule has 176 valence electrons. The lowest BCUT2D eigenvalue weighted by molar-refractivity contribution is 0.0962. The van der Waals surface area contributed by atoms with Crippen LogP contribution in [-0.4, -0.2) is 33.5 Å². The van der Waals surface area contributed by atoms with E-state index in [1.54, 1.807) is 42.5 Å². The first-order chi connectivity index (χ1) is 16.3. The van der Waals surface area contributed by atoms with E-state index in [4.69, 9.17) is 21.1 Å². The number of hydrogen-bond donors (Lipinski definition) is 3. The Kier molecular flexibility index (Phi) is 6.77. The number of carbonyl (C=O) groups is 1. The van der Waals surface area contributed by atoms with Crippen LogP contribution in [0.25, 0.3) is 10.2 Å². The minimum Gasteiger partial charge on any atom is -0.497 e. The fourth-order valence-corrected chi connectivity index (χ4v) is 5.20. The third-order valence-corrected chi connectivity index (χ3v) is 7.54. The van der Waals surface area contributed by atoms with Crippen molar-refractivity contribution in [2.24, 2.45) is 0 Å². The summed E-state index contributed by atoms with van der Waals surface area (Å²) >= 11 is 7.48. The van der Waals surface area contributed by atoms with Gasteiger partial charge in [0.15, 0.2) is 0 Å². The standard InChI is InChI=1S/C22H19ClN4O5S2/c1-31-15-6-8-16(9-7-15)34(29,30)27-14-5-3-4-13(12-14)21(28)25-26-22-24-19-18(32-2)11-10-17(23)20(19)33-22/h3-12,27H,1-2H3,(H,24,26)(H,25,28). The van der Waals surface area contributed by atoms with Crippen LogP contribution in [-0.2, 0) is 10.0 Å². The molecule has 0 aliphatic heterocycles. The number of sulfonamides is 1. The van der Waals surface area contributed by atoms with E-state index in [0.29, 0.717) is 31.9 Å². The van der Waals surface area contributed by atoms with Crippen molar-refractivity contribution in [3.8, 4) is 11.5 Å². The van der Waals surface area contributed by atoms with Crippen LogP contribution >= 0.6 is 22.9 Å². The topological polar surface area (TPSA) is 119 Å². The molecule has 3 N–H and O–H groups in total. The molecule has 1 amide bonds. The second-order valence-electron chi connectivity index (χ2n) is 6.89. The highest BCUT2D eigenvalue weighted by Gasteiger charge is 2.16. The van der Waals surface area contributed by atoms with Crippen molar-refractivity contribution in [2.75, 3.05) is 24.4 Å². The number of hydrazine groups is 1. The molecule has 1 aromatic heterocycles. The number of thiazole rings is 1. The third-order valence-electron chi connectivity index (χ3n) is 4.71. The quantitative estimate of drug-likeness (QED) is 0.293. The van der Waals surface area contributed by atoms with E-state index in [-0.39, 0.29) is 16.1 Å². The van der Waals surface area contributed by atoms with E-state index in [9.17, 15) is 13.2 Å². The summed E-state index contributed by atoms with van der Waals surface area (Å²) in [6.07, 6.45) is 0. The Labute approximate surface area is 204 Å². The van der Waals surface area contributed by atoms with Gasteiger partial charge in [0.2, 0.25) is 5.13 Å². The highest BCUT2D eigenvalue weighted by molar-refractivity contribution is 7.92. The molecule has 4 aromatic rings. The number of halogens is 1. The normalized spacial score (nSPS) is 11.1. The summed E-state index contributed by atoms with van der Waals surface area (Å²) in [5.74, 6) is 0.619. The Bertz CT molecular complexity index is 1460. The van der Waals surface area contributed by atoms with Gasteiger partial charge in [-0.15, -0.1) is 0 Å². The molecule has 0 saturated carbocycles. The monoisotopic (exact) mass is 518 g/mol. The summed E-state index contributed by atoms with van der Waals surface area (Å²) in [6.45, 7) is 0. The van der Waals surface area contributed by atoms with Gasteiger partial charge >= 0.3 is 0 Å². The molecule has 0 saturated heterocycles. The average molecular weight is 519 g/mol. The average Bonchev–Trinajstić information content (AvgIpc) is 3.28. The molecule has 3 aromatic carbocycles. The number of anilines is 2. The van der Waals surface area contributed by atoms with E-state index in [1.165, 1.54) is 43.8 Å². The first-order valence-electron chi connectivity index (χ1n) is 9.77. The maximum absolute atomic E-state index is 12.7. The molecule has 0 fully saturated rings. The summed E-state index contributed by atoms with van der Waals surface area (Å²) in [6, 6.07) is 15.5. The Morgan fingerprint density at radius 2 is 1.79 bits per heavy atom. The van der Waals surface area contributed by atoms with E-state index < -0.39 is 15.9 Å². The maximum Gasteiger partial charge on any atom is 0.269 e. The third kappa shape index (κ3) is 5.01. The maximum atomic E-state index is 12.7. The van der Waals surface area contributed by atoms with Crippen LogP contribution in [0.5, 0.6) is 11.5 Å². The van der Waals surface area contributed by atoms with Crippen molar-refractivity contribution in [1.82, 2.24) is 10.4 Å². The van der Waals surface area contributed by atoms with Crippen molar-refractivity contribution in [3.05, 3.63) is 71.2 Å². The van der Waals surface area contributed by atoms with Gasteiger partial charge in [-0.3, -0.25) is 20.4 Å². The number of ether oxygens (including phenoxy) is 2. The minimum atomic E-state index is -3.85. The molecule has 4 rings (SSSR count). The van der Waals surface area contributed by atoms with Gasteiger partial charge in [0.25, 0.3) is 15.9 Å². The Balaban J connectivity index is 1.46. The lowest BCUT2D eigenvalue weighted by Gasteiger charge is -2.10. The van der Waals surface area contributed by atoms with Crippen molar-refractivity contribution in [2.45, 2.75) is 4.90 Å². The number of hydrogen-bond acceptors (Lipinski definition) is 8. The van der Waals surface area contributed by atoms with E-state index in [2.05, 4.69) is 20.6 Å². The number of rotatable bonds is 8. The highest BCUT2D eigenvalue weighted by atomic mass is 35.5. The number of aromatic nitrogens is 1. The van der Waals surface area contributed by atoms with E-state index in [1.807, 2.05) is 0 Å². The molecule has 0 aliphatic carbocycles. The van der Waals surface area contributed by atoms with Crippen molar-refractivity contribution < 1.29 is 22.7 Å². The molecule has 0 bridgehead atoms. The van der Waals surface area contributed by atoms with E-state index in [0.717, 1.165) is 0 Å². The van der Waals surface area contributed by atoms with Gasteiger partial charge in [-0.05, 0) is 54.6 Å². The smallest absolute Gasteiger partial charge is 0.269 e. The van der Waals surface area contributed by atoms with Gasteiger partial charge < -0.3 is 9.47 Å². The lowest BCUT2D eigenvalue weighted by atomic mass is 10.2. The second kappa shape index (κ2) is 9.75. The van der Waals surface area contributed by atoms with Crippen LogP contribution < -0.4 is 25.0 Å². The van der Waals surface area contributed by atoms with Gasteiger partial charge in [0.05, 0.1) is 28.8 Å². The number of benzene rings is 3. The highest BCUT2D eigenvalue weighted by Crippen LogP contribution is 2.37. The number of fused-ring (bicyclic) bond motifs is 1. The first-order valence-corrected chi connectivity index (χ1v) is 12.4. The second-order valence-corrected chi connectivity index (χ2v) is 9.98. The number of carbonyl (C=O) groups excluding carboxylic acids is 1.